The first-order valence-corrected chi connectivity index (χ1v) is 16.0. The van der Waals surface area contributed by atoms with E-state index in [1.54, 1.807) is 0 Å². The Hall–Kier alpha value is -0.610. The van der Waals surface area contributed by atoms with E-state index in [9.17, 15) is 4.79 Å². The minimum absolute atomic E-state index is 0.0693. The largest absolute Gasteiger partial charge is 0.466 e. The second kappa shape index (κ2) is 23.5. The van der Waals surface area contributed by atoms with Crippen LogP contribution in [-0.4, -0.2) is 39.0 Å². The molecule has 1 saturated carbocycles. The molecule has 0 aliphatic heterocycles. The Bertz CT molecular complexity index is 465. The van der Waals surface area contributed by atoms with Crippen LogP contribution in [0.4, 0.5) is 0 Å². The van der Waals surface area contributed by atoms with Crippen LogP contribution in [0.5, 0.6) is 0 Å². The van der Waals surface area contributed by atoms with E-state index in [2.05, 4.69) is 13.8 Å². The third-order valence-electron chi connectivity index (χ3n) is 7.97. The molecule has 214 valence electrons. The van der Waals surface area contributed by atoms with Crippen LogP contribution in [0.2, 0.25) is 0 Å². The number of carbonyl (C=O) groups excluding carboxylic acids is 1. The van der Waals surface area contributed by atoms with Gasteiger partial charge in [-0.15, -0.1) is 0 Å². The lowest BCUT2D eigenvalue weighted by molar-refractivity contribution is -0.145. The van der Waals surface area contributed by atoms with Gasteiger partial charge in [-0.05, 0) is 57.3 Å². The summed E-state index contributed by atoms with van der Waals surface area (Å²) in [6.45, 7) is 10.6. The zero-order valence-electron chi connectivity index (χ0n) is 24.6. The Morgan fingerprint density at radius 3 is 1.39 bits per heavy atom. The molecule has 1 fully saturated rings. The van der Waals surface area contributed by atoms with Crippen LogP contribution in [-0.2, 0) is 19.0 Å². The maximum absolute atomic E-state index is 12.4. The highest BCUT2D eigenvalue weighted by molar-refractivity contribution is 5.76. The summed E-state index contributed by atoms with van der Waals surface area (Å²) < 4.78 is 16.7. The van der Waals surface area contributed by atoms with Gasteiger partial charge in [-0.1, -0.05) is 104 Å². The number of unbranched alkanes of at least 4 members (excludes halogenated alkanes) is 14. The summed E-state index contributed by atoms with van der Waals surface area (Å²) >= 11 is 0. The summed E-state index contributed by atoms with van der Waals surface area (Å²) in [5.74, 6) is 0.248. The highest BCUT2D eigenvalue weighted by atomic mass is 16.5. The van der Waals surface area contributed by atoms with E-state index >= 15 is 0 Å². The monoisotopic (exact) mass is 510 g/mol. The SMILES string of the molecule is CCCCOCCCCCCCCCC1(CCCCCCCCCOCCCC)CC1C(=O)OCC. The summed E-state index contributed by atoms with van der Waals surface area (Å²) in [6.07, 6.45) is 26.5. The number of hydrogen-bond donors (Lipinski definition) is 0. The second-order valence-electron chi connectivity index (χ2n) is 11.3. The zero-order valence-corrected chi connectivity index (χ0v) is 24.6. The lowest BCUT2D eigenvalue weighted by Gasteiger charge is -2.17. The van der Waals surface area contributed by atoms with Gasteiger partial charge in [0.05, 0.1) is 12.5 Å². The van der Waals surface area contributed by atoms with Gasteiger partial charge in [0.2, 0.25) is 0 Å². The van der Waals surface area contributed by atoms with Gasteiger partial charge in [0.15, 0.2) is 0 Å². The van der Waals surface area contributed by atoms with Crippen LogP contribution in [0.3, 0.4) is 0 Å². The van der Waals surface area contributed by atoms with Crippen molar-refractivity contribution >= 4 is 5.97 Å². The van der Waals surface area contributed by atoms with Crippen molar-refractivity contribution in [2.75, 3.05) is 33.0 Å². The number of rotatable bonds is 28. The molecule has 0 aromatic rings. The summed E-state index contributed by atoms with van der Waals surface area (Å²) in [6, 6.07) is 0. The molecule has 0 saturated heterocycles. The highest BCUT2D eigenvalue weighted by Gasteiger charge is 2.57. The number of esters is 1. The summed E-state index contributed by atoms with van der Waals surface area (Å²) in [5, 5.41) is 0. The smallest absolute Gasteiger partial charge is 0.309 e. The maximum atomic E-state index is 12.4. The van der Waals surface area contributed by atoms with Crippen molar-refractivity contribution in [2.45, 2.75) is 156 Å². The predicted octanol–water partition coefficient (Wildman–Crippen LogP) is 9.43. The second-order valence-corrected chi connectivity index (χ2v) is 11.3. The topological polar surface area (TPSA) is 44.8 Å². The van der Waals surface area contributed by atoms with Crippen LogP contribution in [0.1, 0.15) is 156 Å². The van der Waals surface area contributed by atoms with Gasteiger partial charge in [-0.3, -0.25) is 4.79 Å². The van der Waals surface area contributed by atoms with E-state index in [0.29, 0.717) is 6.61 Å². The molecule has 0 N–H and O–H groups in total. The van der Waals surface area contributed by atoms with Crippen LogP contribution >= 0.6 is 0 Å². The van der Waals surface area contributed by atoms with Crippen LogP contribution in [0.15, 0.2) is 0 Å². The molecule has 0 radical (unpaired) electrons. The van der Waals surface area contributed by atoms with E-state index in [1.165, 1.54) is 128 Å². The van der Waals surface area contributed by atoms with Crippen molar-refractivity contribution in [3.8, 4) is 0 Å². The van der Waals surface area contributed by atoms with E-state index < -0.39 is 0 Å². The van der Waals surface area contributed by atoms with Crippen molar-refractivity contribution in [2.24, 2.45) is 11.3 Å². The molecule has 0 aromatic heterocycles. The fourth-order valence-electron chi connectivity index (χ4n) is 5.43. The zero-order chi connectivity index (χ0) is 26.2. The van der Waals surface area contributed by atoms with Gasteiger partial charge < -0.3 is 14.2 Å². The molecule has 0 amide bonds. The maximum Gasteiger partial charge on any atom is 0.309 e. The van der Waals surface area contributed by atoms with E-state index in [4.69, 9.17) is 14.2 Å². The number of ether oxygens (including phenoxy) is 3. The van der Waals surface area contributed by atoms with Gasteiger partial charge in [0.25, 0.3) is 0 Å². The fourth-order valence-corrected chi connectivity index (χ4v) is 5.43. The predicted molar refractivity (Wildman–Crippen MR) is 152 cm³/mol. The van der Waals surface area contributed by atoms with Crippen molar-refractivity contribution in [1.29, 1.82) is 0 Å². The fraction of sp³-hybridized carbons (Fsp3) is 0.969. The van der Waals surface area contributed by atoms with Gasteiger partial charge >= 0.3 is 5.97 Å². The Labute approximate surface area is 225 Å². The summed E-state index contributed by atoms with van der Waals surface area (Å²) in [4.78, 5) is 12.4. The average Bonchev–Trinajstić information content (AvgIpc) is 3.60. The Balaban J connectivity index is 2.08. The molecule has 1 aliphatic rings. The molecule has 1 aliphatic carbocycles. The van der Waals surface area contributed by atoms with Gasteiger partial charge in [-0.2, -0.15) is 0 Å². The molecule has 1 atom stereocenters. The standard InChI is InChI=1S/C32H62O4/c1-4-7-25-34-27-21-17-13-9-11-15-19-23-32(29-30(32)31(33)36-6-3)24-20-16-12-10-14-18-22-28-35-26-8-5-2/h30H,4-29H2,1-3H3. The normalized spacial score (nSPS) is 16.4. The third kappa shape index (κ3) is 17.0. The molecular formula is C32H62O4. The number of carbonyl (C=O) groups is 1. The molecule has 1 unspecified atom stereocenters. The molecule has 0 bridgehead atoms. The van der Waals surface area contributed by atoms with E-state index in [0.717, 1.165) is 32.8 Å². The first kappa shape index (κ1) is 33.4. The lowest BCUT2D eigenvalue weighted by Crippen LogP contribution is -2.14. The first-order chi connectivity index (χ1) is 17.7. The minimum Gasteiger partial charge on any atom is -0.466 e. The van der Waals surface area contributed by atoms with E-state index in [1.807, 2.05) is 6.92 Å². The molecule has 1 rings (SSSR count). The molecule has 0 spiro atoms. The van der Waals surface area contributed by atoms with Crippen LogP contribution in [0, 0.1) is 11.3 Å². The van der Waals surface area contributed by atoms with Crippen molar-refractivity contribution in [3.05, 3.63) is 0 Å². The van der Waals surface area contributed by atoms with Crippen molar-refractivity contribution in [3.63, 3.8) is 0 Å². The van der Waals surface area contributed by atoms with Crippen LogP contribution < -0.4 is 0 Å². The quantitative estimate of drug-likeness (QED) is 0.0776. The van der Waals surface area contributed by atoms with Gasteiger partial charge in [0, 0.05) is 26.4 Å². The number of hydrogen-bond acceptors (Lipinski definition) is 4. The third-order valence-corrected chi connectivity index (χ3v) is 7.97. The van der Waals surface area contributed by atoms with E-state index in [-0.39, 0.29) is 17.3 Å². The molecule has 4 nitrogen and oxygen atoms in total. The average molecular weight is 511 g/mol. The Morgan fingerprint density at radius 2 is 0.972 bits per heavy atom. The molecule has 0 heterocycles. The molecular weight excluding hydrogens is 448 g/mol. The molecule has 36 heavy (non-hydrogen) atoms. The van der Waals surface area contributed by atoms with Gasteiger partial charge in [-0.25, -0.2) is 0 Å². The van der Waals surface area contributed by atoms with Crippen LogP contribution in [0.25, 0.3) is 0 Å². The minimum atomic E-state index is 0.0693. The van der Waals surface area contributed by atoms with Crippen molar-refractivity contribution < 1.29 is 19.0 Å². The summed E-state index contributed by atoms with van der Waals surface area (Å²) in [5.41, 5.74) is 0.262. The molecule has 4 heteroatoms. The first-order valence-electron chi connectivity index (χ1n) is 16.0. The Morgan fingerprint density at radius 1 is 0.583 bits per heavy atom. The lowest BCUT2D eigenvalue weighted by atomic mass is 9.89. The highest BCUT2D eigenvalue weighted by Crippen LogP contribution is 2.60. The summed E-state index contributed by atoms with van der Waals surface area (Å²) in [7, 11) is 0. The van der Waals surface area contributed by atoms with Crippen molar-refractivity contribution in [1.82, 2.24) is 0 Å². The molecule has 0 aromatic carbocycles. The van der Waals surface area contributed by atoms with Gasteiger partial charge in [0.1, 0.15) is 0 Å². The Kier molecular flexibility index (Phi) is 21.8.